The molecule has 0 bridgehead atoms. The Labute approximate surface area is 109 Å². The Bertz CT molecular complexity index is 674. The van der Waals surface area contributed by atoms with E-state index < -0.39 is 11.8 Å². The van der Waals surface area contributed by atoms with E-state index in [-0.39, 0.29) is 5.56 Å². The molecule has 0 aliphatic heterocycles. The maximum Gasteiger partial charge on any atom is 0.340 e. The number of carbonyl (C=O) groups is 1. The van der Waals surface area contributed by atoms with Gasteiger partial charge in [0.05, 0.1) is 24.3 Å². The third-order valence-electron chi connectivity index (χ3n) is 2.70. The first kappa shape index (κ1) is 12.8. The van der Waals surface area contributed by atoms with Gasteiger partial charge in [-0.2, -0.15) is 5.26 Å². The Kier molecular flexibility index (Phi) is 3.58. The molecule has 19 heavy (non-hydrogen) atoms. The van der Waals surface area contributed by atoms with Crippen molar-refractivity contribution in [3.8, 4) is 17.2 Å². The predicted octanol–water partition coefficient (Wildman–Crippen LogP) is 3.15. The van der Waals surface area contributed by atoms with Crippen molar-refractivity contribution >= 4 is 5.97 Å². The number of nitriles is 1. The zero-order chi connectivity index (χ0) is 13.8. The van der Waals surface area contributed by atoms with Gasteiger partial charge in [-0.15, -0.1) is 0 Å². The third kappa shape index (κ3) is 2.61. The number of hydrogen-bond donors (Lipinski definition) is 0. The van der Waals surface area contributed by atoms with Gasteiger partial charge in [-0.1, -0.05) is 18.2 Å². The lowest BCUT2D eigenvalue weighted by atomic mass is 10.0. The molecule has 2 rings (SSSR count). The fraction of sp³-hybridized carbons (Fsp3) is 0.0667. The number of benzene rings is 2. The second-order valence-electron chi connectivity index (χ2n) is 3.88. The normalized spacial score (nSPS) is 9.74. The van der Waals surface area contributed by atoms with Crippen LogP contribution in [0.2, 0.25) is 0 Å². The topological polar surface area (TPSA) is 50.1 Å². The van der Waals surface area contributed by atoms with Crippen LogP contribution in [0.15, 0.2) is 42.5 Å². The van der Waals surface area contributed by atoms with Crippen LogP contribution in [-0.4, -0.2) is 13.1 Å². The standard InChI is InChI=1S/C15H10FNO2/c1-19-15(18)13-6-5-12(8-14(13)16)11-4-2-3-10(7-11)9-17/h2-8H,1H3. The Morgan fingerprint density at radius 3 is 2.58 bits per heavy atom. The molecular formula is C15H10FNO2. The van der Waals surface area contributed by atoms with Crippen LogP contribution >= 0.6 is 0 Å². The summed E-state index contributed by atoms with van der Waals surface area (Å²) in [6.45, 7) is 0. The highest BCUT2D eigenvalue weighted by molar-refractivity contribution is 5.90. The summed E-state index contributed by atoms with van der Waals surface area (Å²) in [4.78, 5) is 11.3. The molecule has 0 atom stereocenters. The van der Waals surface area contributed by atoms with Gasteiger partial charge in [0.25, 0.3) is 0 Å². The van der Waals surface area contributed by atoms with Crippen molar-refractivity contribution in [2.24, 2.45) is 0 Å². The van der Waals surface area contributed by atoms with Gasteiger partial charge in [0.1, 0.15) is 5.82 Å². The lowest BCUT2D eigenvalue weighted by Crippen LogP contribution is -2.04. The quantitative estimate of drug-likeness (QED) is 0.774. The molecule has 0 amide bonds. The van der Waals surface area contributed by atoms with Crippen LogP contribution < -0.4 is 0 Å². The number of carbonyl (C=O) groups excluding carboxylic acids is 1. The summed E-state index contributed by atoms with van der Waals surface area (Å²) in [6.07, 6.45) is 0. The summed E-state index contributed by atoms with van der Waals surface area (Å²) in [5, 5.41) is 8.83. The number of hydrogen-bond acceptors (Lipinski definition) is 3. The van der Waals surface area contributed by atoms with Crippen LogP contribution in [0.5, 0.6) is 0 Å². The van der Waals surface area contributed by atoms with Crippen molar-refractivity contribution in [3.63, 3.8) is 0 Å². The highest BCUT2D eigenvalue weighted by Gasteiger charge is 2.12. The Balaban J connectivity index is 2.45. The number of methoxy groups -OCH3 is 1. The summed E-state index contributed by atoms with van der Waals surface area (Å²) in [6, 6.07) is 13.1. The van der Waals surface area contributed by atoms with Gasteiger partial charge in [-0.05, 0) is 35.4 Å². The van der Waals surface area contributed by atoms with E-state index in [9.17, 15) is 9.18 Å². The molecule has 0 heterocycles. The second-order valence-corrected chi connectivity index (χ2v) is 3.88. The molecule has 0 N–H and O–H groups in total. The Morgan fingerprint density at radius 2 is 1.95 bits per heavy atom. The van der Waals surface area contributed by atoms with E-state index in [1.54, 1.807) is 30.3 Å². The molecule has 0 unspecified atom stereocenters. The largest absolute Gasteiger partial charge is 0.465 e. The minimum Gasteiger partial charge on any atom is -0.465 e. The average Bonchev–Trinajstić information content (AvgIpc) is 2.46. The molecule has 0 fully saturated rings. The monoisotopic (exact) mass is 255 g/mol. The summed E-state index contributed by atoms with van der Waals surface area (Å²) < 4.78 is 18.3. The lowest BCUT2D eigenvalue weighted by Gasteiger charge is -2.05. The maximum absolute atomic E-state index is 13.8. The van der Waals surface area contributed by atoms with E-state index in [0.29, 0.717) is 11.1 Å². The molecule has 0 aliphatic carbocycles. The van der Waals surface area contributed by atoms with E-state index in [4.69, 9.17) is 5.26 Å². The molecule has 2 aromatic rings. The molecule has 2 aromatic carbocycles. The van der Waals surface area contributed by atoms with Crippen LogP contribution in [-0.2, 0) is 4.74 Å². The predicted molar refractivity (Wildman–Crippen MR) is 67.9 cm³/mol. The van der Waals surface area contributed by atoms with Crippen molar-refractivity contribution in [1.29, 1.82) is 5.26 Å². The van der Waals surface area contributed by atoms with Crippen molar-refractivity contribution in [3.05, 3.63) is 59.4 Å². The third-order valence-corrected chi connectivity index (χ3v) is 2.70. The van der Waals surface area contributed by atoms with Gasteiger partial charge >= 0.3 is 5.97 Å². The summed E-state index contributed by atoms with van der Waals surface area (Å²) in [5.41, 5.74) is 1.70. The molecule has 4 heteroatoms. The summed E-state index contributed by atoms with van der Waals surface area (Å²) in [5.74, 6) is -1.36. The molecular weight excluding hydrogens is 245 g/mol. The van der Waals surface area contributed by atoms with E-state index in [2.05, 4.69) is 4.74 Å². The first-order chi connectivity index (χ1) is 9.15. The van der Waals surface area contributed by atoms with E-state index in [0.717, 1.165) is 5.56 Å². The minimum atomic E-state index is -0.713. The van der Waals surface area contributed by atoms with Crippen molar-refractivity contribution in [2.75, 3.05) is 7.11 Å². The van der Waals surface area contributed by atoms with Crippen LogP contribution in [0.3, 0.4) is 0 Å². The number of esters is 1. The van der Waals surface area contributed by atoms with E-state index in [1.165, 1.54) is 19.2 Å². The molecule has 3 nitrogen and oxygen atoms in total. The Hall–Kier alpha value is -2.67. The van der Waals surface area contributed by atoms with Crippen molar-refractivity contribution in [2.45, 2.75) is 0 Å². The van der Waals surface area contributed by atoms with Gasteiger partial charge < -0.3 is 4.74 Å². The molecule has 0 aromatic heterocycles. The molecule has 0 radical (unpaired) electrons. The van der Waals surface area contributed by atoms with Gasteiger partial charge in [0, 0.05) is 0 Å². The first-order valence-electron chi connectivity index (χ1n) is 5.54. The van der Waals surface area contributed by atoms with Gasteiger partial charge in [-0.25, -0.2) is 9.18 Å². The van der Waals surface area contributed by atoms with Crippen LogP contribution in [0, 0.1) is 17.1 Å². The molecule has 0 saturated heterocycles. The summed E-state index contributed by atoms with van der Waals surface area (Å²) >= 11 is 0. The highest BCUT2D eigenvalue weighted by atomic mass is 19.1. The summed E-state index contributed by atoms with van der Waals surface area (Å²) in [7, 11) is 1.20. The fourth-order valence-electron chi connectivity index (χ4n) is 1.74. The van der Waals surface area contributed by atoms with E-state index in [1.807, 2.05) is 6.07 Å². The van der Waals surface area contributed by atoms with Crippen molar-refractivity contribution < 1.29 is 13.9 Å². The molecule has 0 spiro atoms. The minimum absolute atomic E-state index is 0.109. The van der Waals surface area contributed by atoms with Crippen LogP contribution in [0.25, 0.3) is 11.1 Å². The van der Waals surface area contributed by atoms with E-state index >= 15 is 0 Å². The van der Waals surface area contributed by atoms with Gasteiger partial charge in [-0.3, -0.25) is 0 Å². The highest BCUT2D eigenvalue weighted by Crippen LogP contribution is 2.23. The van der Waals surface area contributed by atoms with Crippen molar-refractivity contribution in [1.82, 2.24) is 0 Å². The average molecular weight is 255 g/mol. The zero-order valence-electron chi connectivity index (χ0n) is 10.2. The zero-order valence-corrected chi connectivity index (χ0v) is 10.2. The smallest absolute Gasteiger partial charge is 0.340 e. The number of nitrogens with zero attached hydrogens (tertiary/aromatic N) is 1. The van der Waals surface area contributed by atoms with Crippen LogP contribution in [0.4, 0.5) is 4.39 Å². The molecule has 0 saturated carbocycles. The number of ether oxygens (including phenoxy) is 1. The first-order valence-corrected chi connectivity index (χ1v) is 5.54. The van der Waals surface area contributed by atoms with Gasteiger partial charge in [0.2, 0.25) is 0 Å². The lowest BCUT2D eigenvalue weighted by molar-refractivity contribution is 0.0595. The molecule has 0 aliphatic rings. The maximum atomic E-state index is 13.8. The SMILES string of the molecule is COC(=O)c1ccc(-c2cccc(C#N)c2)cc1F. The van der Waals surface area contributed by atoms with Crippen LogP contribution in [0.1, 0.15) is 15.9 Å². The van der Waals surface area contributed by atoms with Gasteiger partial charge in [0.15, 0.2) is 0 Å². The Morgan fingerprint density at radius 1 is 1.21 bits per heavy atom. The second kappa shape index (κ2) is 5.32. The molecule has 94 valence electrons. The number of halogens is 1. The fourth-order valence-corrected chi connectivity index (χ4v) is 1.74. The number of rotatable bonds is 2.